The van der Waals surface area contributed by atoms with Gasteiger partial charge in [0.2, 0.25) is 0 Å². The van der Waals surface area contributed by atoms with Gasteiger partial charge in [-0.1, -0.05) is 0 Å². The summed E-state index contributed by atoms with van der Waals surface area (Å²) in [6.45, 7) is 3.79. The van der Waals surface area contributed by atoms with E-state index in [9.17, 15) is 0 Å². The molecule has 0 rings (SSSR count). The lowest BCUT2D eigenvalue weighted by Crippen LogP contribution is -2.13. The predicted octanol–water partition coefficient (Wildman–Crippen LogP) is -2.24. The summed E-state index contributed by atoms with van der Waals surface area (Å²) in [5, 5.41) is 16.8. The molecule has 0 amide bonds. The Morgan fingerprint density at radius 2 is 0.667 bits per heavy atom. The Morgan fingerprint density at radius 3 is 0.833 bits per heavy atom. The third kappa shape index (κ3) is 57.4. The van der Waals surface area contributed by atoms with E-state index in [0.717, 1.165) is 0 Å². The molecule has 0 radical (unpaired) electrons. The van der Waals surface area contributed by atoms with Crippen LogP contribution >= 0.6 is 16.5 Å². The maximum absolute atomic E-state index is 8.74. The number of hydrogen-bond donors (Lipinski definition) is 6. The van der Waals surface area contributed by atoms with Crippen LogP contribution in [0.1, 0.15) is 0 Å². The Morgan fingerprint density at radius 1 is 0.500 bits per heavy atom. The quantitative estimate of drug-likeness (QED) is 0.143. The molecule has 0 heterocycles. The van der Waals surface area contributed by atoms with Gasteiger partial charge in [0.05, 0.1) is 66.1 Å². The zero-order chi connectivity index (χ0) is 19.1. The minimum absolute atomic E-state index is 0.0386. The summed E-state index contributed by atoms with van der Waals surface area (Å²) < 4.78 is 37.9. The van der Waals surface area contributed by atoms with E-state index in [1.165, 1.54) is 0 Å². The Balaban J connectivity index is -0.000000457. The van der Waals surface area contributed by atoms with E-state index >= 15 is 0 Å². The van der Waals surface area contributed by atoms with E-state index in [1.54, 1.807) is 0 Å². The highest BCUT2D eigenvalue weighted by Crippen LogP contribution is 1.98. The highest BCUT2D eigenvalue weighted by Gasteiger charge is 1.91. The van der Waals surface area contributed by atoms with Crippen LogP contribution in [0.5, 0.6) is 0 Å². The van der Waals surface area contributed by atoms with Crippen molar-refractivity contribution >= 4 is 16.5 Å². The van der Waals surface area contributed by atoms with Gasteiger partial charge in [-0.25, -0.2) is 0 Å². The van der Waals surface area contributed by atoms with E-state index in [-0.39, 0.29) is 13.2 Å². The minimum Gasteiger partial charge on any atom is -0.394 e. The van der Waals surface area contributed by atoms with Crippen molar-refractivity contribution in [2.75, 3.05) is 66.1 Å². The summed E-state index contributed by atoms with van der Waals surface area (Å²) in [5.74, 6) is 0. The molecule has 14 heteroatoms. The van der Waals surface area contributed by atoms with Gasteiger partial charge in [-0.15, -0.1) is 0 Å². The van der Waals surface area contributed by atoms with E-state index in [2.05, 4.69) is 0 Å². The fourth-order valence-corrected chi connectivity index (χ4v) is 0.891. The van der Waals surface area contributed by atoms with Crippen LogP contribution in [0.15, 0.2) is 0 Å². The van der Waals surface area contributed by atoms with Gasteiger partial charge in [0, 0.05) is 0 Å². The Hall–Kier alpha value is 0.0600. The molecule has 24 heavy (non-hydrogen) atoms. The molecule has 0 atom stereocenters. The van der Waals surface area contributed by atoms with Crippen LogP contribution in [-0.2, 0) is 28.1 Å². The first-order valence-electron chi connectivity index (χ1n) is 6.74. The maximum atomic E-state index is 8.74. The molecule has 0 aliphatic carbocycles. The zero-order valence-electron chi connectivity index (χ0n) is 13.2. The van der Waals surface area contributed by atoms with Crippen molar-refractivity contribution in [2.45, 2.75) is 0 Å². The molecule has 0 aliphatic rings. The van der Waals surface area contributed by atoms with Crippen LogP contribution in [0, 0.1) is 0 Å². The largest absolute Gasteiger partial charge is 0.394 e. The summed E-state index contributed by atoms with van der Waals surface area (Å²) in [6.07, 6.45) is 0. The first-order chi connectivity index (χ1) is 11.4. The van der Waals surface area contributed by atoms with Crippen LogP contribution in [0.2, 0.25) is 0 Å². The van der Waals surface area contributed by atoms with Crippen molar-refractivity contribution in [1.29, 1.82) is 0 Å². The van der Waals surface area contributed by atoms with Gasteiger partial charge in [-0.3, -0.25) is 9.13 Å². The van der Waals surface area contributed by atoms with Gasteiger partial charge >= 0.3 is 16.5 Å². The molecule has 0 aliphatic heterocycles. The third-order valence-electron chi connectivity index (χ3n) is 1.59. The van der Waals surface area contributed by atoms with E-state index in [4.69, 9.17) is 57.9 Å². The van der Waals surface area contributed by atoms with Crippen LogP contribution in [-0.4, -0.2) is 95.9 Å². The van der Waals surface area contributed by atoms with E-state index in [1.807, 2.05) is 0 Å². The average molecular weight is 402 g/mol. The highest BCUT2D eigenvalue weighted by molar-refractivity contribution is 7.31. The van der Waals surface area contributed by atoms with Crippen LogP contribution in [0.25, 0.3) is 0 Å². The lowest BCUT2D eigenvalue weighted by Gasteiger charge is -2.06. The van der Waals surface area contributed by atoms with Crippen LogP contribution in [0.3, 0.4) is 0 Å². The van der Waals surface area contributed by atoms with Crippen LogP contribution in [0.4, 0.5) is 0 Å². The molecular weight excluding hydrogens is 374 g/mol. The first kappa shape index (κ1) is 28.8. The summed E-state index contributed by atoms with van der Waals surface area (Å²) in [5.41, 5.74) is 0. The van der Waals surface area contributed by atoms with Crippen molar-refractivity contribution in [3.05, 3.63) is 0 Å². The molecule has 12 nitrogen and oxygen atoms in total. The topological polar surface area (TPSA) is 192 Å². The second-order valence-corrected chi connectivity index (χ2v) is 4.59. The standard InChI is InChI=1S/C10H22O6.2H3O3P/c11-1-3-13-5-7-15-9-10-16-8-6-14-4-2-12;2*1-4(2)3/h11-12H,1-10H2;2*4H,(H2,1,2,3). The van der Waals surface area contributed by atoms with Crippen molar-refractivity contribution in [3.8, 4) is 0 Å². The minimum atomic E-state index is -3.13. The van der Waals surface area contributed by atoms with Gasteiger partial charge in [-0.05, 0) is 0 Å². The van der Waals surface area contributed by atoms with Crippen LogP contribution < -0.4 is 0 Å². The fourth-order valence-electron chi connectivity index (χ4n) is 0.891. The van der Waals surface area contributed by atoms with Gasteiger partial charge in [0.1, 0.15) is 0 Å². The van der Waals surface area contributed by atoms with Crippen molar-refractivity contribution in [3.63, 3.8) is 0 Å². The fraction of sp³-hybridized carbons (Fsp3) is 1.00. The smallest absolute Gasteiger partial charge is 0.314 e. The van der Waals surface area contributed by atoms with Gasteiger partial charge in [0.25, 0.3) is 0 Å². The lowest BCUT2D eigenvalue weighted by atomic mass is 10.7. The second kappa shape index (κ2) is 27.9. The van der Waals surface area contributed by atoms with Gasteiger partial charge < -0.3 is 48.7 Å². The summed E-state index contributed by atoms with van der Waals surface area (Å²) in [7, 11) is -6.26. The lowest BCUT2D eigenvalue weighted by molar-refractivity contribution is -0.00856. The number of ether oxygens (including phenoxy) is 4. The van der Waals surface area contributed by atoms with Crippen molar-refractivity contribution in [2.24, 2.45) is 0 Å². The number of aliphatic hydroxyl groups is 2. The molecule has 0 aromatic rings. The van der Waals surface area contributed by atoms with Crippen molar-refractivity contribution in [1.82, 2.24) is 0 Å². The molecule has 0 spiro atoms. The van der Waals surface area contributed by atoms with Gasteiger partial charge in [-0.2, -0.15) is 0 Å². The molecule has 0 fully saturated rings. The predicted molar refractivity (Wildman–Crippen MR) is 84.3 cm³/mol. The molecule has 0 unspecified atom stereocenters. The normalized spacial score (nSPS) is 10.2. The highest BCUT2D eigenvalue weighted by atomic mass is 31.1. The molecule has 0 aromatic heterocycles. The third-order valence-corrected chi connectivity index (χ3v) is 1.59. The molecule has 0 saturated heterocycles. The Bertz CT molecular complexity index is 234. The van der Waals surface area contributed by atoms with Gasteiger partial charge in [0.15, 0.2) is 0 Å². The molecule has 0 bridgehead atoms. The Kier molecular flexibility index (Phi) is 33.5. The average Bonchev–Trinajstić information content (AvgIpc) is 2.47. The molecule has 0 saturated carbocycles. The Labute approximate surface area is 141 Å². The number of aliphatic hydroxyl groups excluding tert-OH is 2. The van der Waals surface area contributed by atoms with E-state index in [0.29, 0.717) is 52.9 Å². The zero-order valence-corrected chi connectivity index (χ0v) is 15.2. The van der Waals surface area contributed by atoms with E-state index < -0.39 is 16.5 Å². The van der Waals surface area contributed by atoms with Crippen molar-refractivity contribution < 1.29 is 57.9 Å². The molecular formula is C10H28O12P2. The second-order valence-electron chi connectivity index (χ2n) is 3.46. The summed E-state index contributed by atoms with van der Waals surface area (Å²) in [6, 6.07) is 0. The molecule has 150 valence electrons. The SMILES string of the molecule is O=[PH](O)O.O=[PH](O)O.OCCOCCOCCOCCOCCO. The summed E-state index contributed by atoms with van der Waals surface area (Å²) in [4.78, 5) is 28.6. The number of hydrogen-bond acceptors (Lipinski definition) is 8. The monoisotopic (exact) mass is 402 g/mol. The first-order valence-corrected chi connectivity index (χ1v) is 9.35. The molecule has 0 aromatic carbocycles. The summed E-state index contributed by atoms with van der Waals surface area (Å²) >= 11 is 0. The molecule has 6 N–H and O–H groups in total. The number of rotatable bonds is 13. The maximum Gasteiger partial charge on any atom is 0.314 e.